The van der Waals surface area contributed by atoms with Gasteiger partial charge in [-0.3, -0.25) is 4.79 Å². The molecule has 4 rings (SSSR count). The van der Waals surface area contributed by atoms with Gasteiger partial charge in [-0.05, 0) is 88.0 Å². The third-order valence-electron chi connectivity index (χ3n) is 6.69. The van der Waals surface area contributed by atoms with Crippen LogP contribution in [0.2, 0.25) is 0 Å². The Balaban J connectivity index is 1.18. The molecule has 0 unspecified atom stereocenters. The summed E-state index contributed by atoms with van der Waals surface area (Å²) in [7, 11) is 0. The molecule has 1 amide bonds. The first-order chi connectivity index (χ1) is 17.5. The minimum absolute atomic E-state index is 0.108. The molecule has 3 N–H and O–H groups in total. The smallest absolute Gasteiger partial charge is 0.343 e. The summed E-state index contributed by atoms with van der Waals surface area (Å²) in [5.74, 6) is 0.354. The lowest BCUT2D eigenvalue weighted by Gasteiger charge is -2.32. The number of nitrogens with two attached hydrogens (primary N) is 1. The van der Waals surface area contributed by atoms with Crippen LogP contribution in [0.25, 0.3) is 5.69 Å². The maximum absolute atomic E-state index is 12.6. The van der Waals surface area contributed by atoms with Crippen molar-refractivity contribution in [2.24, 2.45) is 5.92 Å². The van der Waals surface area contributed by atoms with E-state index in [2.05, 4.69) is 45.6 Å². The number of ether oxygens (including phenoxy) is 1. The minimum Gasteiger partial charge on any atom is -0.462 e. The van der Waals surface area contributed by atoms with E-state index in [9.17, 15) is 9.59 Å². The minimum atomic E-state index is -0.506. The molecule has 1 aliphatic rings. The molecule has 0 aliphatic carbocycles. The van der Waals surface area contributed by atoms with E-state index < -0.39 is 5.97 Å². The highest BCUT2D eigenvalue weighted by Crippen LogP contribution is 2.22. The molecule has 1 saturated heterocycles. The molecule has 1 fully saturated rings. The monoisotopic (exact) mass is 489 g/mol. The highest BCUT2D eigenvalue weighted by molar-refractivity contribution is 5.95. The van der Waals surface area contributed by atoms with Crippen molar-refractivity contribution >= 4 is 17.7 Å². The Hall–Kier alpha value is -3.65. The second-order valence-electron chi connectivity index (χ2n) is 9.21. The summed E-state index contributed by atoms with van der Waals surface area (Å²) in [5.41, 5.74) is 8.95. The van der Waals surface area contributed by atoms with Gasteiger partial charge >= 0.3 is 5.97 Å². The molecule has 0 bridgehead atoms. The zero-order chi connectivity index (χ0) is 25.3. The van der Waals surface area contributed by atoms with E-state index in [1.54, 1.807) is 31.2 Å². The number of hydrogen-bond donors (Lipinski definition) is 2. The second-order valence-corrected chi connectivity index (χ2v) is 9.21. The van der Waals surface area contributed by atoms with Gasteiger partial charge in [0.05, 0.1) is 18.5 Å². The lowest BCUT2D eigenvalue weighted by atomic mass is 9.90. The first-order valence-electron chi connectivity index (χ1n) is 12.7. The number of benzene rings is 2. The lowest BCUT2D eigenvalue weighted by molar-refractivity contribution is 0.0527. The van der Waals surface area contributed by atoms with Gasteiger partial charge in [-0.25, -0.2) is 9.48 Å². The number of nitrogens with one attached hydrogen (secondary N) is 1. The second kappa shape index (κ2) is 12.4. The Bertz CT molecular complexity index is 1140. The number of anilines is 1. The molecule has 3 aromatic rings. The van der Waals surface area contributed by atoms with E-state index in [0.717, 1.165) is 32.0 Å². The fourth-order valence-electron chi connectivity index (χ4n) is 4.65. The van der Waals surface area contributed by atoms with Crippen LogP contribution in [-0.4, -0.2) is 59.3 Å². The standard InChI is InChI=1S/C28H35N5O3/c1-2-36-28(35)25-20-31-33(26(25)29)24-11-9-23(10-12-24)27(34)30-15-6-16-32-17-13-22(14-18-32)19-21-7-4-3-5-8-21/h3-5,7-12,20,22H,2,6,13-19,29H2,1H3,(H,30,34). The zero-order valence-electron chi connectivity index (χ0n) is 20.9. The van der Waals surface area contributed by atoms with Crippen molar-refractivity contribution in [1.29, 1.82) is 0 Å². The number of nitrogen functional groups attached to an aromatic ring is 1. The Labute approximate surface area is 212 Å². The molecule has 8 nitrogen and oxygen atoms in total. The number of rotatable bonds is 10. The molecule has 2 heterocycles. The van der Waals surface area contributed by atoms with Gasteiger partial charge in [0.25, 0.3) is 5.91 Å². The van der Waals surface area contributed by atoms with Crippen LogP contribution in [-0.2, 0) is 11.2 Å². The van der Waals surface area contributed by atoms with Crippen LogP contribution in [0, 0.1) is 5.92 Å². The van der Waals surface area contributed by atoms with Crippen molar-refractivity contribution in [3.63, 3.8) is 0 Å². The number of amides is 1. The third kappa shape index (κ3) is 6.51. The molecule has 190 valence electrons. The molecule has 0 saturated carbocycles. The first-order valence-corrected chi connectivity index (χ1v) is 12.7. The van der Waals surface area contributed by atoms with Gasteiger partial charge in [-0.15, -0.1) is 0 Å². The molecule has 2 aromatic carbocycles. The van der Waals surface area contributed by atoms with E-state index in [0.29, 0.717) is 17.8 Å². The number of nitrogens with zero attached hydrogens (tertiary/aromatic N) is 3. The summed E-state index contributed by atoms with van der Waals surface area (Å²) in [4.78, 5) is 27.0. The average Bonchev–Trinajstić information content (AvgIpc) is 3.29. The number of hydrogen-bond acceptors (Lipinski definition) is 6. The Morgan fingerprint density at radius 1 is 1.08 bits per heavy atom. The van der Waals surface area contributed by atoms with Crippen LogP contribution in [0.15, 0.2) is 60.8 Å². The first kappa shape index (κ1) is 25.4. The van der Waals surface area contributed by atoms with E-state index >= 15 is 0 Å². The van der Waals surface area contributed by atoms with E-state index in [-0.39, 0.29) is 23.9 Å². The number of carbonyl (C=O) groups is 2. The van der Waals surface area contributed by atoms with E-state index in [1.165, 1.54) is 35.7 Å². The Kier molecular flexibility index (Phi) is 8.73. The van der Waals surface area contributed by atoms with Crippen molar-refractivity contribution in [1.82, 2.24) is 20.0 Å². The molecule has 1 aliphatic heterocycles. The van der Waals surface area contributed by atoms with Crippen molar-refractivity contribution in [3.05, 3.63) is 77.5 Å². The number of likely N-dealkylation sites (tertiary alicyclic amines) is 1. The van der Waals surface area contributed by atoms with Crippen LogP contribution in [0.4, 0.5) is 5.82 Å². The molecular weight excluding hydrogens is 454 g/mol. The maximum atomic E-state index is 12.6. The molecule has 0 spiro atoms. The van der Waals surface area contributed by atoms with Crippen LogP contribution < -0.4 is 11.1 Å². The molecular formula is C28H35N5O3. The van der Waals surface area contributed by atoms with Crippen molar-refractivity contribution in [2.45, 2.75) is 32.6 Å². The van der Waals surface area contributed by atoms with Gasteiger partial charge in [-0.2, -0.15) is 5.10 Å². The Morgan fingerprint density at radius 2 is 1.81 bits per heavy atom. The summed E-state index contributed by atoms with van der Waals surface area (Å²) < 4.78 is 6.45. The lowest BCUT2D eigenvalue weighted by Crippen LogP contribution is -2.36. The average molecular weight is 490 g/mol. The number of carbonyl (C=O) groups excluding carboxylic acids is 2. The number of piperidine rings is 1. The highest BCUT2D eigenvalue weighted by Gasteiger charge is 2.19. The third-order valence-corrected chi connectivity index (χ3v) is 6.69. The summed E-state index contributed by atoms with van der Waals surface area (Å²) in [6, 6.07) is 17.7. The van der Waals surface area contributed by atoms with Gasteiger partial charge in [0, 0.05) is 12.1 Å². The molecule has 0 atom stereocenters. The van der Waals surface area contributed by atoms with Crippen LogP contribution in [0.1, 0.15) is 52.5 Å². The Morgan fingerprint density at radius 3 is 2.50 bits per heavy atom. The molecule has 36 heavy (non-hydrogen) atoms. The molecule has 0 radical (unpaired) electrons. The fourth-order valence-corrected chi connectivity index (χ4v) is 4.65. The predicted molar refractivity (Wildman–Crippen MR) is 140 cm³/mol. The zero-order valence-corrected chi connectivity index (χ0v) is 20.9. The highest BCUT2D eigenvalue weighted by atomic mass is 16.5. The summed E-state index contributed by atoms with van der Waals surface area (Å²) in [6.07, 6.45) is 5.95. The quantitative estimate of drug-likeness (QED) is 0.333. The van der Waals surface area contributed by atoms with Gasteiger partial charge in [0.1, 0.15) is 11.4 Å². The summed E-state index contributed by atoms with van der Waals surface area (Å²) in [5, 5.41) is 7.19. The molecule has 1 aromatic heterocycles. The van der Waals surface area contributed by atoms with Crippen LogP contribution >= 0.6 is 0 Å². The van der Waals surface area contributed by atoms with Crippen LogP contribution in [0.3, 0.4) is 0 Å². The maximum Gasteiger partial charge on any atom is 0.343 e. The topological polar surface area (TPSA) is 102 Å². The molecule has 8 heteroatoms. The normalized spacial score (nSPS) is 14.5. The van der Waals surface area contributed by atoms with Gasteiger partial charge < -0.3 is 20.7 Å². The van der Waals surface area contributed by atoms with Gasteiger partial charge in [-0.1, -0.05) is 30.3 Å². The fraction of sp³-hybridized carbons (Fsp3) is 0.393. The van der Waals surface area contributed by atoms with Gasteiger partial charge in [0.15, 0.2) is 0 Å². The number of esters is 1. The van der Waals surface area contributed by atoms with E-state index in [1.807, 2.05) is 0 Å². The summed E-state index contributed by atoms with van der Waals surface area (Å²) in [6.45, 7) is 5.89. The largest absolute Gasteiger partial charge is 0.462 e. The van der Waals surface area contributed by atoms with E-state index in [4.69, 9.17) is 10.5 Å². The van der Waals surface area contributed by atoms with Crippen molar-refractivity contribution in [3.8, 4) is 5.69 Å². The number of aromatic nitrogens is 2. The van der Waals surface area contributed by atoms with Crippen molar-refractivity contribution < 1.29 is 14.3 Å². The summed E-state index contributed by atoms with van der Waals surface area (Å²) >= 11 is 0. The van der Waals surface area contributed by atoms with Gasteiger partial charge in [0.2, 0.25) is 0 Å². The van der Waals surface area contributed by atoms with Crippen molar-refractivity contribution in [2.75, 3.05) is 38.5 Å². The van der Waals surface area contributed by atoms with Crippen LogP contribution in [0.5, 0.6) is 0 Å². The predicted octanol–water partition coefficient (Wildman–Crippen LogP) is 3.71. The SMILES string of the molecule is CCOC(=O)c1cnn(-c2ccc(C(=O)NCCCN3CCC(Cc4ccccc4)CC3)cc2)c1N.